The van der Waals surface area contributed by atoms with Gasteiger partial charge in [-0.25, -0.2) is 9.18 Å². The number of hydrogen-bond donors (Lipinski definition) is 4. The van der Waals surface area contributed by atoms with Gasteiger partial charge in [-0.05, 0) is 111 Å². The number of carbonyl (C=O) groups is 13. The van der Waals surface area contributed by atoms with Gasteiger partial charge in [-0.15, -0.1) is 11.8 Å². The van der Waals surface area contributed by atoms with Crippen molar-refractivity contribution in [3.05, 3.63) is 65.0 Å². The van der Waals surface area contributed by atoms with E-state index < -0.39 is 113 Å². The van der Waals surface area contributed by atoms with Crippen molar-refractivity contribution in [3.63, 3.8) is 0 Å². The maximum atomic E-state index is 15.1. The second-order valence-electron chi connectivity index (χ2n) is 31.0. The van der Waals surface area contributed by atoms with Gasteiger partial charge in [-0.3, -0.25) is 67.3 Å². The molecule has 5 rings (SSSR count). The van der Waals surface area contributed by atoms with Crippen molar-refractivity contribution in [3.8, 4) is 5.75 Å². The molecule has 0 aromatic heterocycles. The number of methoxy groups -OCH3 is 3. The maximum absolute atomic E-state index is 15.1. The zero-order chi connectivity index (χ0) is 80.4. The molecule has 0 bridgehead atoms. The molecule has 1 unspecified atom stereocenters. The minimum absolute atomic E-state index is 0.00400. The van der Waals surface area contributed by atoms with Crippen LogP contribution in [0.25, 0.3) is 0 Å². The van der Waals surface area contributed by atoms with E-state index in [4.69, 9.17) is 29.4 Å². The Hall–Kier alpha value is -7.69. The van der Waals surface area contributed by atoms with E-state index in [1.54, 1.807) is 50.2 Å². The number of hydrogen-bond acceptors (Lipinski definition) is 20. The maximum Gasteiger partial charge on any atom is 0.508 e. The number of nitrogens with one attached hydrogen (secondary N) is 3. The Morgan fingerprint density at radius 2 is 1.43 bits per heavy atom. The molecule has 0 spiro atoms. The highest BCUT2D eigenvalue weighted by Gasteiger charge is 2.49. The van der Waals surface area contributed by atoms with E-state index in [0.717, 1.165) is 18.9 Å². The van der Waals surface area contributed by atoms with E-state index in [1.165, 1.54) is 55.0 Å². The van der Waals surface area contributed by atoms with E-state index in [9.17, 15) is 61.9 Å². The third-order valence-corrected chi connectivity index (χ3v) is 23.2. The third kappa shape index (κ3) is 26.8. The summed E-state index contributed by atoms with van der Waals surface area (Å²) in [6, 6.07) is 7.37. The van der Waals surface area contributed by atoms with E-state index in [0.29, 0.717) is 61.8 Å². The molecule has 602 valence electrons. The number of thioether (sulfide) groups is 1. The molecule has 8 amide bonds. The molecule has 3 fully saturated rings. The van der Waals surface area contributed by atoms with Gasteiger partial charge in [-0.2, -0.15) is 0 Å². The Balaban J connectivity index is 1.24. The molecule has 108 heavy (non-hydrogen) atoms. The van der Waals surface area contributed by atoms with Crippen molar-refractivity contribution in [1.82, 2.24) is 35.6 Å². The van der Waals surface area contributed by atoms with E-state index in [-0.39, 0.29) is 159 Å². The summed E-state index contributed by atoms with van der Waals surface area (Å²) in [5, 5.41) is 7.72. The van der Waals surface area contributed by atoms with Crippen LogP contribution in [0.5, 0.6) is 5.75 Å². The molecular formula is C80H121FN8O18S. The van der Waals surface area contributed by atoms with Crippen LogP contribution in [0.2, 0.25) is 0 Å². The first-order valence-corrected chi connectivity index (χ1v) is 39.3. The van der Waals surface area contributed by atoms with E-state index >= 15 is 4.79 Å². The first-order valence-electron chi connectivity index (χ1n) is 38.2. The van der Waals surface area contributed by atoms with Crippen LogP contribution in [-0.2, 0) is 84.7 Å². The summed E-state index contributed by atoms with van der Waals surface area (Å²) in [6.07, 6.45) is 1.23. The average Bonchev–Trinajstić information content (AvgIpc) is 1.49. The molecule has 1 aliphatic carbocycles. The van der Waals surface area contributed by atoms with Gasteiger partial charge in [0.15, 0.2) is 28.9 Å². The fraction of sp³-hybridized carbons (Fsp3) is 0.688. The summed E-state index contributed by atoms with van der Waals surface area (Å²) in [5.41, 5.74) is 6.38. The lowest BCUT2D eigenvalue weighted by Crippen LogP contribution is -2.54. The summed E-state index contributed by atoms with van der Waals surface area (Å²) in [7, 11) is 11.0. The highest BCUT2D eigenvalue weighted by molar-refractivity contribution is 8.00. The molecule has 28 heteroatoms. The quantitative estimate of drug-likeness (QED) is 0.0209. The molecule has 1 saturated carbocycles. The van der Waals surface area contributed by atoms with Gasteiger partial charge in [0.05, 0.1) is 74.2 Å². The topological polar surface area (TPSA) is 343 Å². The number of ketones is 4. The van der Waals surface area contributed by atoms with E-state index in [2.05, 4.69) is 16.0 Å². The summed E-state index contributed by atoms with van der Waals surface area (Å²) in [4.78, 5) is 182. The lowest BCUT2D eigenvalue weighted by atomic mass is 9.83. The molecule has 12 atom stereocenters. The number of imide groups is 1. The van der Waals surface area contributed by atoms with Crippen LogP contribution in [0.3, 0.4) is 0 Å². The Bertz CT molecular complexity index is 3410. The van der Waals surface area contributed by atoms with Crippen molar-refractivity contribution >= 4 is 88.3 Å². The van der Waals surface area contributed by atoms with Gasteiger partial charge >= 0.3 is 6.16 Å². The number of amides is 8. The summed E-state index contributed by atoms with van der Waals surface area (Å²) >= 11 is 1.45. The number of Topliss-reactive ketones (excluding diaryl/α,β-unsaturated/α-hetero) is 4. The second kappa shape index (κ2) is 43.6. The van der Waals surface area contributed by atoms with Crippen LogP contribution in [0.4, 0.5) is 9.18 Å². The Labute approximate surface area is 641 Å². The second-order valence-corrected chi connectivity index (χ2v) is 32.1. The average molecular weight is 1530 g/mol. The van der Waals surface area contributed by atoms with Crippen LogP contribution in [0.15, 0.2) is 42.5 Å². The number of ether oxygens (including phenoxy) is 5. The monoisotopic (exact) mass is 1530 g/mol. The SMILES string of the molecule is CC[C@H](C)[C@@H]([C@@H](CC(=O)N1C[C@@H](OC(=O)OCc2ccc(CC(=O)[C@H](CCCCC(N)=O)NC(=O)[C@@H](CC(=O)CCCCCN3C(=O)CC(SCC4(CC(=O)NC)CC4)C3=O)C(C)C)cc2)C[C@H]1[C@H](OC)[C@@H](C)C(=O)NCC(=O)c1ccc(OC)c(F)c1)OC)N(C)C(=O)[C@@H](CC(=O)[C@H](C(C)C)N(C)C)C(C)C. The van der Waals surface area contributed by atoms with Crippen LogP contribution in [0, 0.1) is 52.7 Å². The largest absolute Gasteiger partial charge is 0.508 e. The molecule has 2 aromatic carbocycles. The summed E-state index contributed by atoms with van der Waals surface area (Å²) in [5.74, 6) is -7.31. The molecule has 0 radical (unpaired) electrons. The zero-order valence-electron chi connectivity index (χ0n) is 66.5. The number of nitrogens with two attached hydrogens (primary N) is 1. The number of nitrogens with zero attached hydrogens (tertiary/aromatic N) is 4. The first kappa shape index (κ1) is 90.9. The fourth-order valence-electron chi connectivity index (χ4n) is 14.8. The number of unbranched alkanes of at least 4 members (excludes halogenated alkanes) is 3. The molecule has 2 saturated heterocycles. The van der Waals surface area contributed by atoms with Gasteiger partial charge in [0.1, 0.15) is 18.5 Å². The number of primary amides is 1. The van der Waals surface area contributed by atoms with Crippen molar-refractivity contribution in [2.45, 2.75) is 232 Å². The molecular weight excluding hydrogens is 1410 g/mol. The van der Waals surface area contributed by atoms with E-state index in [1.807, 2.05) is 74.4 Å². The number of halogens is 1. The fourth-order valence-corrected chi connectivity index (χ4v) is 16.2. The number of likely N-dealkylation sites (N-methyl/N-ethyl adjacent to an activating group) is 2. The van der Waals surface area contributed by atoms with Crippen molar-refractivity contribution in [2.75, 3.05) is 74.9 Å². The van der Waals surface area contributed by atoms with Gasteiger partial charge in [0.25, 0.3) is 0 Å². The van der Waals surface area contributed by atoms with Crippen LogP contribution < -0.4 is 26.4 Å². The zero-order valence-corrected chi connectivity index (χ0v) is 67.3. The predicted octanol–water partition coefficient (Wildman–Crippen LogP) is 8.41. The Morgan fingerprint density at radius 3 is 2.00 bits per heavy atom. The third-order valence-electron chi connectivity index (χ3n) is 21.6. The molecule has 2 heterocycles. The van der Waals surface area contributed by atoms with Gasteiger partial charge in [-0.1, -0.05) is 106 Å². The molecule has 26 nitrogen and oxygen atoms in total. The van der Waals surface area contributed by atoms with Crippen LogP contribution in [-0.4, -0.2) is 219 Å². The van der Waals surface area contributed by atoms with Gasteiger partial charge in [0, 0.05) is 109 Å². The first-order chi connectivity index (χ1) is 51.0. The summed E-state index contributed by atoms with van der Waals surface area (Å²) in [6.45, 7) is 16.1. The number of rotatable bonds is 49. The van der Waals surface area contributed by atoms with Gasteiger partial charge in [0.2, 0.25) is 47.3 Å². The number of carbonyl (C=O) groups excluding carboxylic acids is 13. The van der Waals surface area contributed by atoms with Gasteiger partial charge < -0.3 is 55.2 Å². The minimum Gasteiger partial charge on any atom is -0.494 e. The minimum atomic E-state index is -1.08. The predicted molar refractivity (Wildman–Crippen MR) is 406 cm³/mol. The standard InChI is InChI=1S/C80H121FN8O18S/c1-17-50(8)73(87(13)77(100)58(48(4)5)39-63(92)72(49(6)7)86(11)12)66(104-15)40-70(96)89-44-56(38-61(89)74(105-16)51(9)75(98)84-43-64(93)54-30-31-65(103-14)59(81)36-54)107-79(102)106-45-53-28-26-52(27-29-53)35-62(91)60(24-20-21-25-68(82)94)85-76(99)57(47(2)3)37-55(90)23-19-18-22-34-88-71(97)41-67(78(88)101)108-46-80(32-33-80)42-69(95)83-10/h26-31,36,47-51,56-58,60-61,66-67,72-74H,17-25,32-35,37-46H2,1-16H3,(H2,82,94)(H,83,95)(H,84,98)(H,85,99)/t50-,51+,56-,57-,58-,60-,61-,66+,67?,72-,73-,74+/m0/s1. The normalized spacial score (nSPS) is 18.7. The Morgan fingerprint density at radius 1 is 0.769 bits per heavy atom. The smallest absolute Gasteiger partial charge is 0.494 e. The molecule has 2 aliphatic heterocycles. The molecule has 2 aromatic rings. The molecule has 3 aliphatic rings. The van der Waals surface area contributed by atoms with Crippen molar-refractivity contribution in [1.29, 1.82) is 0 Å². The Kier molecular flexibility index (Phi) is 36.7. The van der Waals surface area contributed by atoms with Crippen molar-refractivity contribution in [2.24, 2.45) is 52.6 Å². The van der Waals surface area contributed by atoms with Crippen LogP contribution in [0.1, 0.15) is 193 Å². The molecule has 5 N–H and O–H groups in total. The highest BCUT2D eigenvalue weighted by Crippen LogP contribution is 2.52. The summed E-state index contributed by atoms with van der Waals surface area (Å²) < 4.78 is 43.3. The van der Waals surface area contributed by atoms with Crippen molar-refractivity contribution < 1.29 is 90.4 Å². The lowest BCUT2D eigenvalue weighted by molar-refractivity contribution is -0.149. The number of likely N-dealkylation sites (tertiary alicyclic amines) is 2. The highest BCUT2D eigenvalue weighted by atomic mass is 32.2. The van der Waals surface area contributed by atoms with Crippen LogP contribution >= 0.6 is 11.8 Å². The lowest BCUT2D eigenvalue weighted by Gasteiger charge is -2.41. The number of benzene rings is 2.